The van der Waals surface area contributed by atoms with Crippen LogP contribution in [0.4, 0.5) is 0 Å². The van der Waals surface area contributed by atoms with E-state index in [9.17, 15) is 9.90 Å². The summed E-state index contributed by atoms with van der Waals surface area (Å²) in [4.78, 5) is 18.5. The number of fused-ring (bicyclic) bond motifs is 1. The Labute approximate surface area is 221 Å². The first-order valence-electron chi connectivity index (χ1n) is 12.4. The maximum absolute atomic E-state index is 13.6. The second-order valence-corrected chi connectivity index (χ2v) is 13.4. The molecule has 0 fully saturated rings. The number of hydrogen-bond acceptors (Lipinski definition) is 3. The van der Waals surface area contributed by atoms with Crippen LogP contribution in [0.1, 0.15) is 31.2 Å². The van der Waals surface area contributed by atoms with Crippen LogP contribution in [0.25, 0.3) is 22.7 Å². The van der Waals surface area contributed by atoms with Crippen LogP contribution < -0.4 is 14.5 Å². The molecule has 0 aliphatic heterocycles. The fourth-order valence-corrected chi connectivity index (χ4v) is 8.45. The number of allylic oxidation sites excluding steroid dienone is 1. The molecule has 1 radical (unpaired) electrons. The minimum absolute atomic E-state index is 0.0844. The molecule has 5 heteroatoms. The third-order valence-corrected chi connectivity index (χ3v) is 11.0. The molecule has 5 rings (SSSR count). The van der Waals surface area contributed by atoms with E-state index < -0.39 is 13.9 Å². The fourth-order valence-electron chi connectivity index (χ4n) is 4.33. The molecule has 185 valence electrons. The van der Waals surface area contributed by atoms with Gasteiger partial charge in [0.05, 0.1) is 0 Å². The number of hydrogen-bond donors (Lipinski definition) is 1. The van der Waals surface area contributed by atoms with Gasteiger partial charge in [0.15, 0.2) is 0 Å². The molecule has 0 aliphatic rings. The van der Waals surface area contributed by atoms with Crippen molar-refractivity contribution in [1.29, 1.82) is 0 Å². The van der Waals surface area contributed by atoms with Gasteiger partial charge in [-0.05, 0) is 0 Å². The first-order valence-corrected chi connectivity index (χ1v) is 15.3. The standard InChI is InChI=1S/C32H29N2O2Se/c1-23(2)24-18-20-25(21-19-24)34-31(33-28-14-7-6-13-27(28)32(34)36)17-10-22-37(26-11-4-3-5-12-26)30-16-9-8-15-29(30)35/h3-21,23,35H,22H2,1-2H3/b17-10+. The van der Waals surface area contributed by atoms with Crippen LogP contribution in [0.3, 0.4) is 0 Å². The number of phenolic OH excluding ortho intramolecular Hbond substituents is 1. The van der Waals surface area contributed by atoms with Crippen molar-refractivity contribution >= 4 is 39.8 Å². The van der Waals surface area contributed by atoms with Crippen LogP contribution in [0.15, 0.2) is 114 Å². The second-order valence-electron chi connectivity index (χ2n) is 9.11. The van der Waals surface area contributed by atoms with Gasteiger partial charge >= 0.3 is 222 Å². The predicted molar refractivity (Wildman–Crippen MR) is 155 cm³/mol. The maximum atomic E-state index is 13.6. The molecule has 0 unspecified atom stereocenters. The zero-order chi connectivity index (χ0) is 25.8. The van der Waals surface area contributed by atoms with Crippen molar-refractivity contribution < 1.29 is 5.11 Å². The molecule has 5 aromatic rings. The Balaban J connectivity index is 1.58. The predicted octanol–water partition coefficient (Wildman–Crippen LogP) is 5.54. The van der Waals surface area contributed by atoms with Crippen LogP contribution in [-0.2, 0) is 0 Å². The van der Waals surface area contributed by atoms with E-state index in [1.165, 1.54) is 10.0 Å². The molecule has 1 N–H and O–H groups in total. The summed E-state index contributed by atoms with van der Waals surface area (Å²) in [6, 6.07) is 33.6. The van der Waals surface area contributed by atoms with E-state index in [-0.39, 0.29) is 5.56 Å². The van der Waals surface area contributed by atoms with Gasteiger partial charge < -0.3 is 0 Å². The molecule has 0 atom stereocenters. The fraction of sp³-hybridized carbons (Fsp3) is 0.125. The van der Waals surface area contributed by atoms with Gasteiger partial charge in [0.2, 0.25) is 0 Å². The molecule has 37 heavy (non-hydrogen) atoms. The summed E-state index contributed by atoms with van der Waals surface area (Å²) in [7, 11) is 0. The summed E-state index contributed by atoms with van der Waals surface area (Å²) in [6.45, 7) is 4.31. The minimum atomic E-state index is -1.58. The van der Waals surface area contributed by atoms with E-state index >= 15 is 0 Å². The molecule has 4 nitrogen and oxygen atoms in total. The van der Waals surface area contributed by atoms with Crippen molar-refractivity contribution in [2.24, 2.45) is 0 Å². The van der Waals surface area contributed by atoms with E-state index in [4.69, 9.17) is 4.98 Å². The van der Waals surface area contributed by atoms with E-state index in [0.717, 1.165) is 15.5 Å². The normalized spacial score (nSPS) is 11.7. The Morgan fingerprint density at radius 3 is 2.27 bits per heavy atom. The molecular weight excluding hydrogens is 523 g/mol. The zero-order valence-electron chi connectivity index (χ0n) is 20.9. The molecule has 1 heterocycles. The Morgan fingerprint density at radius 2 is 1.54 bits per heavy atom. The van der Waals surface area contributed by atoms with E-state index in [2.05, 4.69) is 44.2 Å². The molecular formula is C32H29N2O2Se. The van der Waals surface area contributed by atoms with Gasteiger partial charge in [-0.15, -0.1) is 0 Å². The van der Waals surface area contributed by atoms with Crippen LogP contribution in [0.2, 0.25) is 5.32 Å². The van der Waals surface area contributed by atoms with Crippen molar-refractivity contribution in [1.82, 2.24) is 9.55 Å². The van der Waals surface area contributed by atoms with Crippen LogP contribution in [0, 0.1) is 0 Å². The summed E-state index contributed by atoms with van der Waals surface area (Å²) >= 11 is -1.58. The van der Waals surface area contributed by atoms with Crippen molar-refractivity contribution in [2.45, 2.75) is 25.1 Å². The van der Waals surface area contributed by atoms with Gasteiger partial charge in [0.1, 0.15) is 0 Å². The molecule has 0 saturated carbocycles. The van der Waals surface area contributed by atoms with Gasteiger partial charge in [0, 0.05) is 0 Å². The molecule has 0 bridgehead atoms. The number of aromatic hydroxyl groups is 1. The number of rotatable bonds is 7. The molecule has 4 aromatic carbocycles. The van der Waals surface area contributed by atoms with Crippen LogP contribution in [0.5, 0.6) is 5.75 Å². The SMILES string of the molecule is CC(C)c1ccc(-n2c(/C=C/C[Se](c3ccccc3)c3ccccc3O)nc3ccccc3c2=O)cc1. The third kappa shape index (κ3) is 5.29. The van der Waals surface area contributed by atoms with E-state index in [0.29, 0.717) is 28.4 Å². The summed E-state index contributed by atoms with van der Waals surface area (Å²) < 4.78 is 3.92. The number of aromatic nitrogens is 2. The molecule has 0 aliphatic carbocycles. The van der Waals surface area contributed by atoms with Crippen LogP contribution in [-0.4, -0.2) is 28.6 Å². The van der Waals surface area contributed by atoms with Gasteiger partial charge in [-0.1, -0.05) is 0 Å². The van der Waals surface area contributed by atoms with E-state index in [1.54, 1.807) is 10.6 Å². The summed E-state index contributed by atoms with van der Waals surface area (Å²) in [5.41, 5.74) is 2.61. The summed E-state index contributed by atoms with van der Waals surface area (Å²) in [6.07, 6.45) is 4.04. The second kappa shape index (κ2) is 11.0. The van der Waals surface area contributed by atoms with Crippen LogP contribution >= 0.6 is 0 Å². The van der Waals surface area contributed by atoms with Gasteiger partial charge in [-0.3, -0.25) is 0 Å². The average molecular weight is 553 g/mol. The van der Waals surface area contributed by atoms with Gasteiger partial charge in [0.25, 0.3) is 0 Å². The van der Waals surface area contributed by atoms with Crippen molar-refractivity contribution in [3.05, 3.63) is 131 Å². The van der Waals surface area contributed by atoms with Gasteiger partial charge in [-0.25, -0.2) is 0 Å². The summed E-state index contributed by atoms with van der Waals surface area (Å²) in [5.74, 6) is 1.33. The molecule has 0 spiro atoms. The third-order valence-electron chi connectivity index (χ3n) is 6.31. The first-order chi connectivity index (χ1) is 18.0. The molecule has 1 aromatic heterocycles. The topological polar surface area (TPSA) is 55.1 Å². The zero-order valence-corrected chi connectivity index (χ0v) is 22.6. The Morgan fingerprint density at radius 1 is 0.865 bits per heavy atom. The van der Waals surface area contributed by atoms with E-state index in [1.807, 2.05) is 78.9 Å². The van der Waals surface area contributed by atoms with Crippen molar-refractivity contribution in [2.75, 3.05) is 0 Å². The molecule has 0 amide bonds. The Kier molecular flexibility index (Phi) is 7.36. The number of phenols is 1. The quantitative estimate of drug-likeness (QED) is 0.270. The number of benzene rings is 4. The Bertz CT molecular complexity index is 1610. The first kappa shape index (κ1) is 24.8. The van der Waals surface area contributed by atoms with Crippen molar-refractivity contribution in [3.8, 4) is 11.4 Å². The van der Waals surface area contributed by atoms with Gasteiger partial charge in [-0.2, -0.15) is 0 Å². The Hall–Kier alpha value is -3.92. The average Bonchev–Trinajstić information content (AvgIpc) is 2.92. The number of nitrogens with zero attached hydrogens (tertiary/aromatic N) is 2. The number of para-hydroxylation sites is 2. The summed E-state index contributed by atoms with van der Waals surface area (Å²) in [5, 5.41) is 12.0. The monoisotopic (exact) mass is 553 g/mol. The van der Waals surface area contributed by atoms with Crippen molar-refractivity contribution in [3.63, 3.8) is 0 Å². The molecule has 0 saturated heterocycles.